The van der Waals surface area contributed by atoms with Gasteiger partial charge in [0.25, 0.3) is 0 Å². The van der Waals surface area contributed by atoms with E-state index in [1.165, 1.54) is 18.2 Å². The van der Waals surface area contributed by atoms with E-state index in [4.69, 9.17) is 26.2 Å². The molecule has 0 saturated heterocycles. The number of methoxy groups -OCH3 is 1. The number of ether oxygens (including phenoxy) is 2. The second-order valence-corrected chi connectivity index (χ2v) is 15.0. The van der Waals surface area contributed by atoms with Gasteiger partial charge in [-0.3, -0.25) is 0 Å². The van der Waals surface area contributed by atoms with E-state index in [2.05, 4.69) is 33.0 Å². The Morgan fingerprint density at radius 3 is 2.83 bits per heavy atom. The van der Waals surface area contributed by atoms with Crippen LogP contribution in [0.4, 0.5) is 5.69 Å². The third-order valence-electron chi connectivity index (χ3n) is 9.02. The molecule has 2 aliphatic carbocycles. The van der Waals surface area contributed by atoms with Crippen molar-refractivity contribution < 1.29 is 27.8 Å². The van der Waals surface area contributed by atoms with Gasteiger partial charge in [-0.1, -0.05) is 33.6 Å². The first kappa shape index (κ1) is 31.3. The van der Waals surface area contributed by atoms with Crippen molar-refractivity contribution in [3.8, 4) is 5.75 Å². The minimum Gasteiger partial charge on any atom is -0.490 e. The number of aliphatic hydroxyl groups excluding tert-OH is 1. The van der Waals surface area contributed by atoms with Crippen molar-refractivity contribution in [1.29, 1.82) is 0 Å². The Morgan fingerprint density at radius 1 is 1.31 bits per heavy atom. The Labute approximate surface area is 261 Å². The number of aliphatic hydroxyl groups is 1. The third kappa shape index (κ3) is 6.99. The van der Waals surface area contributed by atoms with Crippen molar-refractivity contribution in [2.75, 3.05) is 37.5 Å². The molecule has 1 unspecified atom stereocenters. The second kappa shape index (κ2) is 12.9. The van der Waals surface area contributed by atoms with E-state index in [0.717, 1.165) is 53.0 Å². The Kier molecular flexibility index (Phi) is 9.59. The molecule has 1 spiro atoms. The number of halogens is 2. The summed E-state index contributed by atoms with van der Waals surface area (Å²) in [7, 11) is -2.14. The zero-order valence-electron chi connectivity index (χ0n) is 23.7. The predicted octanol–water partition coefficient (Wildman–Crippen LogP) is 5.33. The van der Waals surface area contributed by atoms with Gasteiger partial charge in [-0.2, -0.15) is 0 Å². The monoisotopic (exact) mass is 680 g/mol. The quantitative estimate of drug-likeness (QED) is 0.344. The van der Waals surface area contributed by atoms with Crippen molar-refractivity contribution in [2.45, 2.75) is 56.5 Å². The van der Waals surface area contributed by atoms with Crippen LogP contribution in [0.25, 0.3) is 0 Å². The van der Waals surface area contributed by atoms with Gasteiger partial charge in [-0.05, 0) is 109 Å². The van der Waals surface area contributed by atoms with Crippen LogP contribution in [0.3, 0.4) is 0 Å². The zero-order chi connectivity index (χ0) is 30.1. The molecule has 11 heteroatoms. The molecule has 42 heavy (non-hydrogen) atoms. The summed E-state index contributed by atoms with van der Waals surface area (Å²) in [5, 5.41) is 17.0. The number of fused-ring (bicyclic) bond motifs is 3. The van der Waals surface area contributed by atoms with E-state index >= 15 is 0 Å². The molecule has 4 atom stereocenters. The lowest BCUT2D eigenvalue weighted by Gasteiger charge is -2.45. The smallest absolute Gasteiger partial charge is 0.337 e. The van der Waals surface area contributed by atoms with Gasteiger partial charge in [-0.25, -0.2) is 18.4 Å². The van der Waals surface area contributed by atoms with Crippen LogP contribution < -0.4 is 14.8 Å². The first-order valence-corrected chi connectivity index (χ1v) is 17.3. The molecule has 0 radical (unpaired) electrons. The molecule has 8 nitrogen and oxygen atoms in total. The van der Waals surface area contributed by atoms with E-state index < -0.39 is 22.1 Å². The Hall–Kier alpha value is -2.11. The number of benzene rings is 2. The number of anilines is 1. The summed E-state index contributed by atoms with van der Waals surface area (Å²) in [5.41, 5.74) is 3.60. The Morgan fingerprint density at radius 2 is 2.12 bits per heavy atom. The van der Waals surface area contributed by atoms with Crippen LogP contribution in [0.1, 0.15) is 60.0 Å². The molecule has 1 saturated carbocycles. The van der Waals surface area contributed by atoms with E-state index in [1.54, 1.807) is 12.1 Å². The molecule has 1 fully saturated rings. The molecule has 228 valence electrons. The average Bonchev–Trinajstić information content (AvgIpc) is 3.06. The lowest BCUT2D eigenvalue weighted by molar-refractivity contribution is 0.0455. The number of allylic oxidation sites excluding steroid dienone is 1. The number of sulfonamides is 1. The molecule has 0 amide bonds. The number of carbonyl (C=O) groups is 1. The molecule has 5 rings (SSSR count). The summed E-state index contributed by atoms with van der Waals surface area (Å²) in [5.74, 6) is 0.511. The van der Waals surface area contributed by atoms with Gasteiger partial charge in [0.15, 0.2) is 0 Å². The Bertz CT molecular complexity index is 1470. The summed E-state index contributed by atoms with van der Waals surface area (Å²) >= 11 is 9.87. The average molecular weight is 682 g/mol. The number of nitrogens with two attached hydrogens (primary N) is 1. The number of aryl methyl sites for hydroxylation is 1. The van der Waals surface area contributed by atoms with Gasteiger partial charge >= 0.3 is 5.97 Å². The highest BCUT2D eigenvalue weighted by molar-refractivity contribution is 9.11. The third-order valence-corrected chi connectivity index (χ3v) is 10.8. The fraction of sp³-hybridized carbons (Fsp3) is 0.516. The van der Waals surface area contributed by atoms with Crippen LogP contribution in [-0.4, -0.2) is 58.2 Å². The highest BCUT2D eigenvalue weighted by Gasteiger charge is 2.44. The van der Waals surface area contributed by atoms with Crippen LogP contribution in [0.5, 0.6) is 5.75 Å². The van der Waals surface area contributed by atoms with Crippen LogP contribution in [0.15, 0.2) is 47.0 Å². The summed E-state index contributed by atoms with van der Waals surface area (Å²) in [4.78, 5) is 14.8. The van der Waals surface area contributed by atoms with Gasteiger partial charge < -0.3 is 19.5 Å². The lowest BCUT2D eigenvalue weighted by atomic mass is 9.68. The van der Waals surface area contributed by atoms with E-state index in [1.807, 2.05) is 18.2 Å². The number of nitrogens with zero attached hydrogens (tertiary/aromatic N) is 1. The van der Waals surface area contributed by atoms with Gasteiger partial charge in [0.05, 0.1) is 36.8 Å². The fourth-order valence-corrected chi connectivity index (χ4v) is 8.04. The SMILES string of the molecule is COC(=O)c1ccc2c(c1)N(C[C@@H]1CC[C@H]1[C@H](O)/C=C(\Br)CCCS(N)(=O)=O)CC1(CCCc3cc(Cl)ccc31)CO2. The molecule has 3 N–H and O–H groups in total. The van der Waals surface area contributed by atoms with Crippen molar-refractivity contribution in [2.24, 2.45) is 17.0 Å². The molecule has 1 aliphatic heterocycles. The zero-order valence-corrected chi connectivity index (χ0v) is 26.9. The number of carbonyl (C=O) groups excluding carboxylic acids is 1. The fourth-order valence-electron chi connectivity index (χ4n) is 6.75. The van der Waals surface area contributed by atoms with Crippen LogP contribution in [0, 0.1) is 11.8 Å². The summed E-state index contributed by atoms with van der Waals surface area (Å²) in [6.45, 7) is 1.93. The molecular formula is C31H38BrClN2O6S. The highest BCUT2D eigenvalue weighted by Crippen LogP contribution is 2.46. The molecular weight excluding hydrogens is 644 g/mol. The topological polar surface area (TPSA) is 119 Å². The van der Waals surface area contributed by atoms with Gasteiger partial charge in [0.2, 0.25) is 10.0 Å². The lowest BCUT2D eigenvalue weighted by Crippen LogP contribution is -2.49. The summed E-state index contributed by atoms with van der Waals surface area (Å²) in [6.07, 6.45) is 6.85. The number of rotatable bonds is 9. The minimum absolute atomic E-state index is 0.0561. The molecule has 0 bridgehead atoms. The predicted molar refractivity (Wildman–Crippen MR) is 168 cm³/mol. The molecule has 1 heterocycles. The maximum absolute atomic E-state index is 12.5. The van der Waals surface area contributed by atoms with Gasteiger partial charge in [0.1, 0.15) is 5.75 Å². The van der Waals surface area contributed by atoms with Crippen molar-refractivity contribution in [3.05, 3.63) is 68.7 Å². The number of hydrogen-bond acceptors (Lipinski definition) is 7. The maximum atomic E-state index is 12.5. The normalized spacial score (nSPS) is 24.6. The van der Waals surface area contributed by atoms with Crippen LogP contribution in [0.2, 0.25) is 5.02 Å². The molecule has 3 aliphatic rings. The maximum Gasteiger partial charge on any atom is 0.337 e. The largest absolute Gasteiger partial charge is 0.490 e. The second-order valence-electron chi connectivity index (χ2n) is 11.9. The van der Waals surface area contributed by atoms with Gasteiger partial charge in [0, 0.05) is 23.5 Å². The van der Waals surface area contributed by atoms with E-state index in [9.17, 15) is 18.3 Å². The summed E-state index contributed by atoms with van der Waals surface area (Å²) in [6, 6.07) is 11.6. The minimum atomic E-state index is -3.52. The van der Waals surface area contributed by atoms with E-state index in [-0.39, 0.29) is 23.0 Å². The van der Waals surface area contributed by atoms with Crippen LogP contribution in [-0.2, 0) is 26.6 Å². The standard InChI is InChI=1S/C31H38BrClN2O6S/c1-40-30(37)21-7-11-29-27(15-21)35(18-31(19-41-29)12-2-4-20-14-24(33)8-10-26(20)31)17-22-6-9-25(22)28(36)16-23(32)5-3-13-42(34,38)39/h7-8,10-11,14-16,22,25,28,36H,2-6,9,12-13,17-19H2,1H3,(H2,34,38,39)/b23-16-/t22-,25+,28+,31?/m0/s1. The highest BCUT2D eigenvalue weighted by atomic mass is 79.9. The number of primary sulfonamides is 1. The van der Waals surface area contributed by atoms with Crippen LogP contribution >= 0.6 is 27.5 Å². The molecule has 0 aromatic heterocycles. The molecule has 2 aromatic rings. The van der Waals surface area contributed by atoms with Crippen molar-refractivity contribution >= 4 is 49.2 Å². The first-order chi connectivity index (χ1) is 20.0. The Balaban J connectivity index is 1.41. The first-order valence-electron chi connectivity index (χ1n) is 14.4. The van der Waals surface area contributed by atoms with E-state index in [0.29, 0.717) is 38.1 Å². The van der Waals surface area contributed by atoms with Crippen molar-refractivity contribution in [3.63, 3.8) is 0 Å². The van der Waals surface area contributed by atoms with Crippen molar-refractivity contribution in [1.82, 2.24) is 0 Å². The number of hydrogen-bond donors (Lipinski definition) is 2. The number of esters is 1. The summed E-state index contributed by atoms with van der Waals surface area (Å²) < 4.78 is 34.8. The van der Waals surface area contributed by atoms with Gasteiger partial charge in [-0.15, -0.1) is 0 Å². The molecule has 2 aromatic carbocycles.